The quantitative estimate of drug-likeness (QED) is 0.576. The summed E-state index contributed by atoms with van der Waals surface area (Å²) in [7, 11) is 1.87. The fraction of sp³-hybridized carbons (Fsp3) is 0.0625. The number of hydrogen-bond donors (Lipinski definition) is 1. The van der Waals surface area contributed by atoms with Crippen LogP contribution in [0.15, 0.2) is 58.1 Å². The largest absolute Gasteiger partial charge is 0.325 e. The van der Waals surface area contributed by atoms with Crippen LogP contribution >= 0.6 is 15.9 Å². The number of hydrogen-bond acceptors (Lipinski definition) is 4. The number of nitrogens with zero attached hydrogens (tertiary/aromatic N) is 4. The summed E-state index contributed by atoms with van der Waals surface area (Å²) in [4.78, 5) is 4.47. The van der Waals surface area contributed by atoms with Gasteiger partial charge in [-0.1, -0.05) is 28.1 Å². The highest BCUT2D eigenvalue weighted by Gasteiger charge is 2.13. The third kappa shape index (κ3) is 2.71. The number of halogens is 1. The van der Waals surface area contributed by atoms with Crippen molar-refractivity contribution in [3.8, 4) is 6.07 Å². The number of aromatic nitrogens is 2. The van der Waals surface area contributed by atoms with Gasteiger partial charge in [-0.3, -0.25) is 5.43 Å². The molecule has 0 aliphatic heterocycles. The van der Waals surface area contributed by atoms with Crippen LogP contribution in [0.2, 0.25) is 0 Å². The second kappa shape index (κ2) is 6.00. The lowest BCUT2D eigenvalue weighted by molar-refractivity contribution is 0.929. The molecule has 0 saturated carbocycles. The van der Waals surface area contributed by atoms with Crippen molar-refractivity contribution in [1.82, 2.24) is 9.55 Å². The van der Waals surface area contributed by atoms with Crippen molar-refractivity contribution < 1.29 is 0 Å². The van der Waals surface area contributed by atoms with Crippen LogP contribution in [0.3, 0.4) is 0 Å². The second-order valence-corrected chi connectivity index (χ2v) is 5.59. The Morgan fingerprint density at radius 2 is 1.95 bits per heavy atom. The zero-order chi connectivity index (χ0) is 15.5. The summed E-state index contributed by atoms with van der Waals surface area (Å²) in [5.41, 5.74) is 5.72. The predicted molar refractivity (Wildman–Crippen MR) is 90.6 cm³/mol. The van der Waals surface area contributed by atoms with E-state index in [0.29, 0.717) is 5.82 Å². The van der Waals surface area contributed by atoms with Crippen molar-refractivity contribution in [3.05, 3.63) is 58.8 Å². The summed E-state index contributed by atoms with van der Waals surface area (Å²) >= 11 is 3.38. The van der Waals surface area contributed by atoms with Crippen molar-refractivity contribution in [1.29, 1.82) is 5.26 Å². The average molecular weight is 354 g/mol. The molecule has 1 heterocycles. The summed E-state index contributed by atoms with van der Waals surface area (Å²) in [6.07, 6.45) is 0. The summed E-state index contributed by atoms with van der Waals surface area (Å²) < 4.78 is 2.85. The molecule has 108 valence electrons. The minimum Gasteiger partial charge on any atom is -0.325 e. The fourth-order valence-electron chi connectivity index (χ4n) is 2.13. The monoisotopic (exact) mass is 353 g/mol. The number of nitriles is 1. The lowest BCUT2D eigenvalue weighted by Crippen LogP contribution is -2.08. The van der Waals surface area contributed by atoms with Crippen LogP contribution in [0.4, 0.5) is 5.69 Å². The molecule has 0 radical (unpaired) electrons. The highest BCUT2D eigenvalue weighted by Crippen LogP contribution is 2.16. The van der Waals surface area contributed by atoms with Gasteiger partial charge in [0, 0.05) is 11.5 Å². The van der Waals surface area contributed by atoms with Crippen molar-refractivity contribution in [2.24, 2.45) is 12.1 Å². The molecular formula is C16H12BrN5. The first-order valence-electron chi connectivity index (χ1n) is 6.60. The van der Waals surface area contributed by atoms with Crippen LogP contribution in [0.5, 0.6) is 0 Å². The maximum absolute atomic E-state index is 9.37. The van der Waals surface area contributed by atoms with Crippen molar-refractivity contribution >= 4 is 38.4 Å². The van der Waals surface area contributed by atoms with Crippen molar-refractivity contribution in [2.45, 2.75) is 0 Å². The number of imidazole rings is 1. The van der Waals surface area contributed by atoms with Gasteiger partial charge in [0.25, 0.3) is 0 Å². The van der Waals surface area contributed by atoms with Crippen LogP contribution in [0.1, 0.15) is 5.82 Å². The molecule has 5 nitrogen and oxygen atoms in total. The Kier molecular flexibility index (Phi) is 3.90. The number of aryl methyl sites for hydroxylation is 1. The lowest BCUT2D eigenvalue weighted by Gasteiger charge is -2.02. The number of nitrogens with one attached hydrogen (secondary N) is 1. The molecule has 0 saturated heterocycles. The molecule has 1 aromatic heterocycles. The van der Waals surface area contributed by atoms with E-state index in [4.69, 9.17) is 0 Å². The second-order valence-electron chi connectivity index (χ2n) is 4.67. The molecule has 3 rings (SSSR count). The number of fused-ring (bicyclic) bond motifs is 1. The Morgan fingerprint density at radius 3 is 2.64 bits per heavy atom. The Bertz CT molecular complexity index is 887. The summed E-state index contributed by atoms with van der Waals surface area (Å²) in [5, 5.41) is 13.5. The van der Waals surface area contributed by atoms with Gasteiger partial charge < -0.3 is 4.57 Å². The van der Waals surface area contributed by atoms with E-state index in [1.807, 2.05) is 60.1 Å². The van der Waals surface area contributed by atoms with Gasteiger partial charge in [-0.2, -0.15) is 10.4 Å². The molecule has 0 aliphatic carbocycles. The Balaban J connectivity index is 1.95. The van der Waals surface area contributed by atoms with E-state index in [-0.39, 0.29) is 5.71 Å². The van der Waals surface area contributed by atoms with Gasteiger partial charge in [-0.15, -0.1) is 0 Å². The minimum absolute atomic E-state index is 0.238. The molecule has 0 aliphatic rings. The first-order valence-corrected chi connectivity index (χ1v) is 7.39. The molecule has 2 aromatic carbocycles. The van der Waals surface area contributed by atoms with E-state index in [2.05, 4.69) is 37.5 Å². The maximum atomic E-state index is 9.37. The van der Waals surface area contributed by atoms with Gasteiger partial charge in [0.2, 0.25) is 5.71 Å². The van der Waals surface area contributed by atoms with Crippen LogP contribution in [-0.2, 0) is 7.05 Å². The standard InChI is InChI=1S/C16H12BrN5/c1-22-15-5-3-2-4-13(15)19-16(22)14(10-18)21-20-12-8-6-11(17)7-9-12/h2-9,20H,1H3/b21-14-. The Hall–Kier alpha value is -2.65. The van der Waals surface area contributed by atoms with Gasteiger partial charge in [0.05, 0.1) is 16.7 Å². The lowest BCUT2D eigenvalue weighted by atomic mass is 10.3. The van der Waals surface area contributed by atoms with E-state index in [1.54, 1.807) is 0 Å². The Labute approximate surface area is 136 Å². The number of anilines is 1. The Morgan fingerprint density at radius 1 is 1.23 bits per heavy atom. The van der Waals surface area contributed by atoms with Crippen LogP contribution in [0, 0.1) is 11.3 Å². The normalized spacial score (nSPS) is 11.4. The molecule has 0 atom stereocenters. The highest BCUT2D eigenvalue weighted by atomic mass is 79.9. The molecule has 0 unspecified atom stereocenters. The molecule has 0 spiro atoms. The molecular weight excluding hydrogens is 342 g/mol. The molecule has 22 heavy (non-hydrogen) atoms. The van der Waals surface area contributed by atoms with E-state index >= 15 is 0 Å². The van der Waals surface area contributed by atoms with Gasteiger partial charge >= 0.3 is 0 Å². The zero-order valence-corrected chi connectivity index (χ0v) is 13.4. The smallest absolute Gasteiger partial charge is 0.203 e. The average Bonchev–Trinajstić information content (AvgIpc) is 2.87. The summed E-state index contributed by atoms with van der Waals surface area (Å²) in [6, 6.07) is 17.4. The molecule has 1 N–H and O–H groups in total. The number of benzene rings is 2. The molecule has 0 amide bonds. The van der Waals surface area contributed by atoms with Crippen LogP contribution in [0.25, 0.3) is 11.0 Å². The number of hydrazone groups is 1. The third-order valence-corrected chi connectivity index (χ3v) is 3.77. The zero-order valence-electron chi connectivity index (χ0n) is 11.8. The number of para-hydroxylation sites is 2. The van der Waals surface area contributed by atoms with Gasteiger partial charge in [-0.05, 0) is 36.4 Å². The summed E-state index contributed by atoms with van der Waals surface area (Å²) in [5.74, 6) is 0.535. The molecule has 0 bridgehead atoms. The minimum atomic E-state index is 0.238. The highest BCUT2D eigenvalue weighted by molar-refractivity contribution is 9.10. The SMILES string of the molecule is Cn1c(/C(C#N)=N\Nc2ccc(Br)cc2)nc2ccccc21. The van der Waals surface area contributed by atoms with Gasteiger partial charge in [-0.25, -0.2) is 4.98 Å². The molecule has 6 heteroatoms. The third-order valence-electron chi connectivity index (χ3n) is 3.25. The van der Waals surface area contributed by atoms with Crippen LogP contribution < -0.4 is 5.43 Å². The van der Waals surface area contributed by atoms with E-state index in [9.17, 15) is 5.26 Å². The molecule has 0 fully saturated rings. The first-order chi connectivity index (χ1) is 10.7. The fourth-order valence-corrected chi connectivity index (χ4v) is 2.39. The number of rotatable bonds is 3. The first kappa shape index (κ1) is 14.3. The van der Waals surface area contributed by atoms with Crippen LogP contribution in [-0.4, -0.2) is 15.3 Å². The van der Waals surface area contributed by atoms with Crippen molar-refractivity contribution in [2.75, 3.05) is 5.43 Å². The summed E-state index contributed by atoms with van der Waals surface area (Å²) in [6.45, 7) is 0. The van der Waals surface area contributed by atoms with Crippen molar-refractivity contribution in [3.63, 3.8) is 0 Å². The topological polar surface area (TPSA) is 66.0 Å². The van der Waals surface area contributed by atoms with E-state index < -0.39 is 0 Å². The van der Waals surface area contributed by atoms with E-state index in [1.165, 1.54) is 0 Å². The van der Waals surface area contributed by atoms with E-state index in [0.717, 1.165) is 21.2 Å². The van der Waals surface area contributed by atoms with Gasteiger partial charge in [0.1, 0.15) is 6.07 Å². The molecule has 3 aromatic rings. The van der Waals surface area contributed by atoms with Gasteiger partial charge in [0.15, 0.2) is 5.82 Å². The predicted octanol–water partition coefficient (Wildman–Crippen LogP) is 3.68. The maximum Gasteiger partial charge on any atom is 0.203 e.